The Bertz CT molecular complexity index is 302. The highest BCUT2D eigenvalue weighted by Crippen LogP contribution is 2.18. The minimum atomic E-state index is -1.02. The molecule has 0 fully saturated rings. The van der Waals surface area contributed by atoms with E-state index in [1.54, 1.807) is 0 Å². The van der Waals surface area contributed by atoms with Crippen LogP contribution >= 0.6 is 0 Å². The zero-order chi connectivity index (χ0) is 15.2. The molecule has 0 rings (SSSR count). The maximum atomic E-state index is 12.2. The van der Waals surface area contributed by atoms with Crippen molar-refractivity contribution in [3.8, 4) is 0 Å². The Kier molecular flexibility index (Phi) is 7.05. The van der Waals surface area contributed by atoms with Gasteiger partial charge in [0.15, 0.2) is 0 Å². The lowest BCUT2D eigenvalue weighted by molar-refractivity contribution is -0.140. The molecule has 0 heterocycles. The van der Waals surface area contributed by atoms with Crippen LogP contribution in [0.25, 0.3) is 0 Å². The summed E-state index contributed by atoms with van der Waals surface area (Å²) in [5.74, 6) is -0.366. The third-order valence-corrected chi connectivity index (χ3v) is 2.92. The molecule has 0 radical (unpaired) electrons. The van der Waals surface area contributed by atoms with Crippen molar-refractivity contribution in [1.82, 2.24) is 10.2 Å². The first kappa shape index (κ1) is 17.9. The Morgan fingerprint density at radius 1 is 1.11 bits per heavy atom. The molecule has 0 aromatic carbocycles. The molecule has 112 valence electrons. The Hall–Kier alpha value is -1.10. The van der Waals surface area contributed by atoms with Gasteiger partial charge >= 0.3 is 5.97 Å². The number of nitrogens with one attached hydrogen (secondary N) is 1. The highest BCUT2D eigenvalue weighted by molar-refractivity contribution is 5.88. The van der Waals surface area contributed by atoms with Gasteiger partial charge in [-0.3, -0.25) is 14.5 Å². The molecular weight excluding hydrogens is 244 g/mol. The van der Waals surface area contributed by atoms with E-state index >= 15 is 0 Å². The third kappa shape index (κ3) is 6.57. The molecule has 0 aliphatic heterocycles. The van der Waals surface area contributed by atoms with Crippen molar-refractivity contribution in [2.75, 3.05) is 19.6 Å². The number of carboxylic acids is 1. The van der Waals surface area contributed by atoms with Gasteiger partial charge in [-0.1, -0.05) is 27.7 Å². The highest BCUT2D eigenvalue weighted by atomic mass is 16.4. The van der Waals surface area contributed by atoms with Gasteiger partial charge in [-0.2, -0.15) is 0 Å². The first-order chi connectivity index (χ1) is 8.57. The van der Waals surface area contributed by atoms with Gasteiger partial charge in [0.2, 0.25) is 5.91 Å². The van der Waals surface area contributed by atoms with Crippen LogP contribution in [0.3, 0.4) is 0 Å². The topological polar surface area (TPSA) is 69.6 Å². The fourth-order valence-corrected chi connectivity index (χ4v) is 1.93. The molecule has 5 nitrogen and oxygen atoms in total. The summed E-state index contributed by atoms with van der Waals surface area (Å²) in [5.41, 5.74) is -0.704. The number of rotatable bonds is 8. The number of amides is 1. The van der Waals surface area contributed by atoms with Gasteiger partial charge in [0.05, 0.1) is 5.54 Å². The van der Waals surface area contributed by atoms with E-state index < -0.39 is 11.5 Å². The molecule has 19 heavy (non-hydrogen) atoms. The number of carbonyl (C=O) groups is 2. The van der Waals surface area contributed by atoms with Crippen molar-refractivity contribution in [2.24, 2.45) is 11.8 Å². The van der Waals surface area contributed by atoms with Gasteiger partial charge < -0.3 is 10.4 Å². The van der Waals surface area contributed by atoms with Crippen LogP contribution in [0.4, 0.5) is 0 Å². The number of carbonyl (C=O) groups excluding carboxylic acids is 1. The minimum absolute atomic E-state index is 0.240. The average molecular weight is 272 g/mol. The molecule has 2 N–H and O–H groups in total. The largest absolute Gasteiger partial charge is 0.480 e. The average Bonchev–Trinajstić information content (AvgIpc) is 2.23. The molecule has 0 saturated heterocycles. The van der Waals surface area contributed by atoms with Crippen LogP contribution < -0.4 is 5.32 Å². The predicted octanol–water partition coefficient (Wildman–Crippen LogP) is 1.58. The first-order valence-corrected chi connectivity index (χ1v) is 6.82. The Morgan fingerprint density at radius 2 is 1.53 bits per heavy atom. The summed E-state index contributed by atoms with van der Waals surface area (Å²) in [6, 6.07) is 0. The molecule has 0 atom stereocenters. The number of hydrogen-bond donors (Lipinski definition) is 2. The van der Waals surface area contributed by atoms with Crippen LogP contribution in [-0.2, 0) is 9.59 Å². The predicted molar refractivity (Wildman–Crippen MR) is 76.0 cm³/mol. The Labute approximate surface area is 116 Å². The van der Waals surface area contributed by atoms with Crippen LogP contribution in [0.15, 0.2) is 0 Å². The monoisotopic (exact) mass is 272 g/mol. The van der Waals surface area contributed by atoms with Gasteiger partial charge in [-0.05, 0) is 25.7 Å². The van der Waals surface area contributed by atoms with Gasteiger partial charge in [0.1, 0.15) is 6.54 Å². The van der Waals surface area contributed by atoms with Crippen LogP contribution in [0.2, 0.25) is 0 Å². The summed E-state index contributed by atoms with van der Waals surface area (Å²) in [6.45, 7) is 13.4. The molecule has 0 bridgehead atoms. The lowest BCUT2D eigenvalue weighted by atomic mass is 9.97. The number of hydrogen-bond acceptors (Lipinski definition) is 3. The quantitative estimate of drug-likeness (QED) is 0.704. The second-order valence-corrected chi connectivity index (χ2v) is 6.33. The van der Waals surface area contributed by atoms with Crippen molar-refractivity contribution in [2.45, 2.75) is 47.1 Å². The standard InChI is InChI=1S/C14H28N2O3/c1-10(2)8-16(9-11(3)4)14(5,6)13(19)15-7-12(17)18/h10-11H,7-9H2,1-6H3,(H,15,19)(H,17,18). The van der Waals surface area contributed by atoms with Crippen molar-refractivity contribution in [1.29, 1.82) is 0 Å². The van der Waals surface area contributed by atoms with E-state index in [0.717, 1.165) is 13.1 Å². The third-order valence-electron chi connectivity index (χ3n) is 2.92. The van der Waals surface area contributed by atoms with Crippen LogP contribution in [-0.4, -0.2) is 47.1 Å². The molecule has 5 heteroatoms. The van der Waals surface area contributed by atoms with E-state index in [1.807, 2.05) is 13.8 Å². The summed E-state index contributed by atoms with van der Waals surface area (Å²) in [6.07, 6.45) is 0. The van der Waals surface area contributed by atoms with Gasteiger partial charge in [-0.15, -0.1) is 0 Å². The molecular formula is C14H28N2O3. The van der Waals surface area contributed by atoms with E-state index in [-0.39, 0.29) is 12.5 Å². The molecule has 0 unspecified atom stereocenters. The van der Waals surface area contributed by atoms with Crippen LogP contribution in [0.5, 0.6) is 0 Å². The summed E-state index contributed by atoms with van der Waals surface area (Å²) in [5, 5.41) is 11.1. The van der Waals surface area contributed by atoms with Crippen molar-refractivity contribution in [3.63, 3.8) is 0 Å². The Balaban J connectivity index is 4.83. The summed E-state index contributed by atoms with van der Waals surface area (Å²) >= 11 is 0. The first-order valence-electron chi connectivity index (χ1n) is 6.82. The SMILES string of the molecule is CC(C)CN(CC(C)C)C(C)(C)C(=O)NCC(=O)O. The molecule has 0 aromatic heterocycles. The van der Waals surface area contributed by atoms with Crippen LogP contribution in [0.1, 0.15) is 41.5 Å². The molecule has 0 aromatic rings. The molecule has 0 aliphatic carbocycles. The fourth-order valence-electron chi connectivity index (χ4n) is 1.93. The van der Waals surface area contributed by atoms with E-state index in [0.29, 0.717) is 11.8 Å². The molecule has 0 saturated carbocycles. The number of carboxylic acid groups (broad SMARTS) is 1. The smallest absolute Gasteiger partial charge is 0.322 e. The normalized spacial score (nSPS) is 12.3. The van der Waals surface area contributed by atoms with Crippen molar-refractivity contribution >= 4 is 11.9 Å². The fraction of sp³-hybridized carbons (Fsp3) is 0.857. The lowest BCUT2D eigenvalue weighted by Gasteiger charge is -2.39. The molecule has 0 spiro atoms. The van der Waals surface area contributed by atoms with Gasteiger partial charge in [0, 0.05) is 13.1 Å². The maximum absolute atomic E-state index is 12.2. The summed E-state index contributed by atoms with van der Waals surface area (Å²) < 4.78 is 0. The minimum Gasteiger partial charge on any atom is -0.480 e. The highest BCUT2D eigenvalue weighted by Gasteiger charge is 2.35. The van der Waals surface area contributed by atoms with E-state index in [2.05, 4.69) is 37.9 Å². The summed E-state index contributed by atoms with van der Waals surface area (Å²) in [7, 11) is 0. The lowest BCUT2D eigenvalue weighted by Crippen LogP contribution is -2.57. The van der Waals surface area contributed by atoms with Crippen LogP contribution in [0, 0.1) is 11.8 Å². The van der Waals surface area contributed by atoms with Crippen molar-refractivity contribution < 1.29 is 14.7 Å². The zero-order valence-corrected chi connectivity index (χ0v) is 13.0. The second-order valence-electron chi connectivity index (χ2n) is 6.33. The van der Waals surface area contributed by atoms with Gasteiger partial charge in [-0.25, -0.2) is 0 Å². The van der Waals surface area contributed by atoms with E-state index in [1.165, 1.54) is 0 Å². The molecule has 0 aliphatic rings. The second kappa shape index (κ2) is 7.48. The Morgan fingerprint density at radius 3 is 1.84 bits per heavy atom. The van der Waals surface area contributed by atoms with Gasteiger partial charge in [0.25, 0.3) is 0 Å². The van der Waals surface area contributed by atoms with Crippen molar-refractivity contribution in [3.05, 3.63) is 0 Å². The number of aliphatic carboxylic acids is 1. The van der Waals surface area contributed by atoms with E-state index in [4.69, 9.17) is 5.11 Å². The van der Waals surface area contributed by atoms with E-state index in [9.17, 15) is 9.59 Å². The molecule has 1 amide bonds. The zero-order valence-electron chi connectivity index (χ0n) is 13.0. The number of nitrogens with zero attached hydrogens (tertiary/aromatic N) is 1. The summed E-state index contributed by atoms with van der Waals surface area (Å²) in [4.78, 5) is 24.8. The maximum Gasteiger partial charge on any atom is 0.322 e.